The van der Waals surface area contributed by atoms with Crippen LogP contribution in [0.2, 0.25) is 0 Å². The van der Waals surface area contributed by atoms with Crippen molar-refractivity contribution in [1.82, 2.24) is 0 Å². The van der Waals surface area contributed by atoms with Crippen LogP contribution in [0.1, 0.15) is 23.1 Å². The Hall–Kier alpha value is -3.75. The van der Waals surface area contributed by atoms with Gasteiger partial charge in [-0.25, -0.2) is 9.18 Å². The summed E-state index contributed by atoms with van der Waals surface area (Å²) in [7, 11) is -3.90. The van der Waals surface area contributed by atoms with Crippen molar-refractivity contribution in [2.75, 3.05) is 11.6 Å². The first-order chi connectivity index (χ1) is 17.2. The molecule has 0 aliphatic rings. The minimum absolute atomic E-state index is 0.0461. The molecule has 0 aliphatic carbocycles. The third-order valence-electron chi connectivity index (χ3n) is 5.75. The van der Waals surface area contributed by atoms with E-state index < -0.39 is 21.9 Å². The van der Waals surface area contributed by atoms with Crippen LogP contribution in [-0.4, -0.2) is 20.6 Å². The highest BCUT2D eigenvalue weighted by Crippen LogP contribution is 2.32. The molecule has 0 saturated carbocycles. The van der Waals surface area contributed by atoms with Gasteiger partial charge in [0, 0.05) is 12.2 Å². The van der Waals surface area contributed by atoms with Crippen molar-refractivity contribution < 1.29 is 26.8 Å². The van der Waals surface area contributed by atoms with Crippen LogP contribution in [0.25, 0.3) is 21.9 Å². The van der Waals surface area contributed by atoms with Crippen LogP contribution >= 0.6 is 0 Å². The molecule has 6 nitrogen and oxygen atoms in total. The van der Waals surface area contributed by atoms with Crippen molar-refractivity contribution in [3.8, 4) is 11.1 Å². The molecular formula is C28H26FNO5S. The molecule has 0 fully saturated rings. The molecule has 0 amide bonds. The Bertz CT molecular complexity index is 1520. The topological polar surface area (TPSA) is 81.7 Å². The fraction of sp³-hybridized carbons (Fsp3) is 0.179. The van der Waals surface area contributed by atoms with Gasteiger partial charge in [-0.3, -0.25) is 4.89 Å². The summed E-state index contributed by atoms with van der Waals surface area (Å²) in [5, 5.41) is 5.63. The molecule has 0 spiro atoms. The summed E-state index contributed by atoms with van der Waals surface area (Å²) < 4.78 is 40.3. The predicted molar refractivity (Wildman–Crippen MR) is 138 cm³/mol. The van der Waals surface area contributed by atoms with Gasteiger partial charge in [-0.1, -0.05) is 65.0 Å². The molecule has 4 aromatic carbocycles. The summed E-state index contributed by atoms with van der Waals surface area (Å²) in [5.41, 5.74) is 5.49. The van der Waals surface area contributed by atoms with E-state index in [9.17, 15) is 17.6 Å². The third kappa shape index (κ3) is 6.47. The smallest absolute Gasteiger partial charge is 0.344 e. The van der Waals surface area contributed by atoms with Gasteiger partial charge in [0.25, 0.3) is 10.1 Å². The molecule has 0 aliphatic heterocycles. The largest absolute Gasteiger partial charge is 0.381 e. The first-order valence-corrected chi connectivity index (χ1v) is 13.2. The Morgan fingerprint density at radius 3 is 2.56 bits per heavy atom. The van der Waals surface area contributed by atoms with E-state index in [0.717, 1.165) is 17.4 Å². The summed E-state index contributed by atoms with van der Waals surface area (Å²) in [6.07, 6.45) is 0.580. The SMILES string of the molecule is Cc1ccc2ccccc2c1-c1cccc(CNc2ccc(CCC(=O)OOS(C)(=O)=O)c(F)c2)c1. The molecule has 0 saturated heterocycles. The number of carbonyl (C=O) groups is 1. The summed E-state index contributed by atoms with van der Waals surface area (Å²) in [4.78, 5) is 15.8. The van der Waals surface area contributed by atoms with E-state index in [0.29, 0.717) is 17.8 Å². The van der Waals surface area contributed by atoms with Crippen LogP contribution in [0.15, 0.2) is 78.9 Å². The molecule has 4 aromatic rings. The van der Waals surface area contributed by atoms with E-state index >= 15 is 0 Å². The minimum Gasteiger partial charge on any atom is -0.381 e. The number of hydrogen-bond donors (Lipinski definition) is 1. The number of rotatable bonds is 9. The van der Waals surface area contributed by atoms with Crippen LogP contribution in [0.5, 0.6) is 0 Å². The monoisotopic (exact) mass is 507 g/mol. The van der Waals surface area contributed by atoms with Crippen molar-refractivity contribution in [2.45, 2.75) is 26.3 Å². The Labute approximate surface area is 209 Å². The summed E-state index contributed by atoms with van der Waals surface area (Å²) >= 11 is 0. The standard InChI is InChI=1S/C28H26FNO5S/c1-19-10-11-21-7-3-4-9-25(21)28(19)23-8-5-6-20(16-23)18-30-24-14-12-22(26(29)17-24)13-15-27(31)34-35-36(2,32)33/h3-12,14,16-17,30H,13,15,18H2,1-2H3. The van der Waals surface area contributed by atoms with E-state index in [1.807, 2.05) is 24.3 Å². The zero-order valence-corrected chi connectivity index (χ0v) is 20.8. The second kappa shape index (κ2) is 10.9. The third-order valence-corrected chi connectivity index (χ3v) is 6.07. The average molecular weight is 508 g/mol. The number of fused-ring (bicyclic) bond motifs is 1. The fourth-order valence-electron chi connectivity index (χ4n) is 4.04. The highest BCUT2D eigenvalue weighted by molar-refractivity contribution is 7.85. The van der Waals surface area contributed by atoms with Crippen molar-refractivity contribution >= 4 is 32.5 Å². The molecule has 0 aromatic heterocycles. The zero-order chi connectivity index (χ0) is 25.7. The number of carbonyl (C=O) groups excluding carboxylic acids is 1. The molecule has 36 heavy (non-hydrogen) atoms. The number of nitrogens with one attached hydrogen (secondary N) is 1. The maximum Gasteiger partial charge on any atom is 0.344 e. The summed E-state index contributed by atoms with van der Waals surface area (Å²) in [6, 6.07) is 25.5. The van der Waals surface area contributed by atoms with E-state index in [2.05, 4.69) is 57.9 Å². The van der Waals surface area contributed by atoms with Gasteiger partial charge in [0.15, 0.2) is 0 Å². The van der Waals surface area contributed by atoms with Gasteiger partial charge in [0.05, 0.1) is 12.7 Å². The van der Waals surface area contributed by atoms with Gasteiger partial charge >= 0.3 is 5.97 Å². The molecular weight excluding hydrogens is 481 g/mol. The van der Waals surface area contributed by atoms with Crippen LogP contribution in [0.4, 0.5) is 10.1 Å². The van der Waals surface area contributed by atoms with Crippen LogP contribution < -0.4 is 5.32 Å². The molecule has 0 radical (unpaired) electrons. The molecule has 1 N–H and O–H groups in total. The molecule has 0 atom stereocenters. The number of halogens is 1. The Kier molecular flexibility index (Phi) is 7.67. The van der Waals surface area contributed by atoms with Gasteiger partial charge in [-0.05, 0) is 70.1 Å². The van der Waals surface area contributed by atoms with Gasteiger partial charge in [-0.2, -0.15) is 8.42 Å². The molecule has 0 unspecified atom stereocenters. The molecule has 4 rings (SSSR count). The maximum absolute atomic E-state index is 14.6. The lowest BCUT2D eigenvalue weighted by molar-refractivity contribution is -0.210. The highest BCUT2D eigenvalue weighted by Gasteiger charge is 2.13. The molecule has 186 valence electrons. The Morgan fingerprint density at radius 2 is 1.78 bits per heavy atom. The number of benzene rings is 4. The number of anilines is 1. The van der Waals surface area contributed by atoms with Crippen LogP contribution in [0, 0.1) is 12.7 Å². The van der Waals surface area contributed by atoms with Gasteiger partial charge in [0.2, 0.25) is 0 Å². The van der Waals surface area contributed by atoms with E-state index in [4.69, 9.17) is 0 Å². The molecule has 0 heterocycles. The molecule has 8 heteroatoms. The lowest BCUT2D eigenvalue weighted by Gasteiger charge is -2.13. The quantitative estimate of drug-likeness (QED) is 0.223. The van der Waals surface area contributed by atoms with E-state index in [1.54, 1.807) is 12.1 Å². The predicted octanol–water partition coefficient (Wildman–Crippen LogP) is 5.93. The number of hydrogen-bond acceptors (Lipinski definition) is 6. The van der Waals surface area contributed by atoms with Crippen molar-refractivity contribution in [3.05, 3.63) is 101 Å². The van der Waals surface area contributed by atoms with E-state index in [-0.39, 0.29) is 12.8 Å². The lowest BCUT2D eigenvalue weighted by atomic mass is 9.93. The first kappa shape index (κ1) is 25.3. The van der Waals surface area contributed by atoms with Gasteiger partial charge in [-0.15, -0.1) is 0 Å². The average Bonchev–Trinajstić information content (AvgIpc) is 2.85. The normalized spacial score (nSPS) is 11.4. The Balaban J connectivity index is 1.41. The lowest BCUT2D eigenvalue weighted by Crippen LogP contribution is -2.11. The van der Waals surface area contributed by atoms with Crippen molar-refractivity contribution in [3.63, 3.8) is 0 Å². The highest BCUT2D eigenvalue weighted by atomic mass is 32.2. The van der Waals surface area contributed by atoms with E-state index in [1.165, 1.54) is 28.0 Å². The van der Waals surface area contributed by atoms with Crippen LogP contribution in [-0.2, 0) is 37.1 Å². The van der Waals surface area contributed by atoms with Crippen molar-refractivity contribution in [1.29, 1.82) is 0 Å². The zero-order valence-electron chi connectivity index (χ0n) is 20.0. The summed E-state index contributed by atoms with van der Waals surface area (Å²) in [5.74, 6) is -1.37. The Morgan fingerprint density at radius 1 is 0.972 bits per heavy atom. The van der Waals surface area contributed by atoms with Crippen LogP contribution in [0.3, 0.4) is 0 Å². The fourth-order valence-corrected chi connectivity index (χ4v) is 4.24. The first-order valence-electron chi connectivity index (χ1n) is 11.4. The summed E-state index contributed by atoms with van der Waals surface area (Å²) in [6.45, 7) is 2.61. The second-order valence-corrected chi connectivity index (χ2v) is 10.1. The van der Waals surface area contributed by atoms with Crippen molar-refractivity contribution in [2.24, 2.45) is 0 Å². The van der Waals surface area contributed by atoms with Gasteiger partial charge in [0.1, 0.15) is 5.82 Å². The second-order valence-electron chi connectivity index (χ2n) is 8.57. The molecule has 0 bridgehead atoms. The van der Waals surface area contributed by atoms with Gasteiger partial charge < -0.3 is 5.32 Å². The maximum atomic E-state index is 14.6. The minimum atomic E-state index is -3.90. The number of aryl methyl sites for hydroxylation is 2.